The van der Waals surface area contributed by atoms with Crippen LogP contribution in [0.5, 0.6) is 5.75 Å². The van der Waals surface area contributed by atoms with Crippen LogP contribution in [-0.2, 0) is 4.79 Å². The number of methoxy groups -OCH3 is 1. The summed E-state index contributed by atoms with van der Waals surface area (Å²) >= 11 is 1.47. The number of nitrogens with one attached hydrogen (secondary N) is 2. The molecule has 0 aliphatic rings. The van der Waals surface area contributed by atoms with Crippen molar-refractivity contribution in [1.29, 1.82) is 0 Å². The van der Waals surface area contributed by atoms with Crippen LogP contribution in [-0.4, -0.2) is 24.7 Å². The molecule has 3 aromatic rings. The van der Waals surface area contributed by atoms with Gasteiger partial charge in [0.1, 0.15) is 5.75 Å². The number of benzene rings is 3. The zero-order chi connectivity index (χ0) is 20.6. The molecule has 3 rings (SSSR count). The number of carbonyl (C=O) groups is 2. The van der Waals surface area contributed by atoms with Crippen molar-refractivity contribution < 1.29 is 14.3 Å². The number of para-hydroxylation sites is 1. The highest BCUT2D eigenvalue weighted by Gasteiger charge is 2.14. The van der Waals surface area contributed by atoms with Gasteiger partial charge in [-0.05, 0) is 42.8 Å². The maximum Gasteiger partial charge on any atom is 0.257 e. The second kappa shape index (κ2) is 9.80. The van der Waals surface area contributed by atoms with Gasteiger partial charge in [0.05, 0.1) is 24.1 Å². The molecular weight excluding hydrogens is 384 g/mol. The van der Waals surface area contributed by atoms with Crippen molar-refractivity contribution in [2.24, 2.45) is 0 Å². The first-order valence-electron chi connectivity index (χ1n) is 9.09. The highest BCUT2D eigenvalue weighted by Crippen LogP contribution is 2.23. The van der Waals surface area contributed by atoms with Crippen LogP contribution >= 0.6 is 11.8 Å². The minimum Gasteiger partial charge on any atom is -0.497 e. The van der Waals surface area contributed by atoms with Gasteiger partial charge < -0.3 is 15.4 Å². The zero-order valence-electron chi connectivity index (χ0n) is 16.3. The van der Waals surface area contributed by atoms with Gasteiger partial charge in [-0.3, -0.25) is 9.59 Å². The molecule has 0 fully saturated rings. The van der Waals surface area contributed by atoms with Crippen molar-refractivity contribution in [3.8, 4) is 5.75 Å². The minimum absolute atomic E-state index is 0.167. The van der Waals surface area contributed by atoms with Crippen LogP contribution in [0.3, 0.4) is 0 Å². The SMILES string of the molecule is COc1cccc(NC(=O)c2ccccc2NC(=O)CSc2ccccc2C)c1. The molecule has 2 amide bonds. The topological polar surface area (TPSA) is 67.4 Å². The monoisotopic (exact) mass is 406 g/mol. The summed E-state index contributed by atoms with van der Waals surface area (Å²) in [7, 11) is 1.57. The summed E-state index contributed by atoms with van der Waals surface area (Å²) < 4.78 is 5.18. The number of anilines is 2. The molecule has 0 bridgehead atoms. The van der Waals surface area contributed by atoms with Crippen LogP contribution in [0.4, 0.5) is 11.4 Å². The molecule has 0 aliphatic carbocycles. The van der Waals surface area contributed by atoms with Gasteiger partial charge in [0, 0.05) is 16.6 Å². The molecule has 148 valence electrons. The van der Waals surface area contributed by atoms with Gasteiger partial charge in [0.25, 0.3) is 5.91 Å². The molecule has 29 heavy (non-hydrogen) atoms. The van der Waals surface area contributed by atoms with Crippen LogP contribution in [0, 0.1) is 6.92 Å². The summed E-state index contributed by atoms with van der Waals surface area (Å²) in [6.45, 7) is 2.01. The molecule has 0 heterocycles. The normalized spacial score (nSPS) is 10.3. The van der Waals surface area contributed by atoms with Crippen LogP contribution in [0.2, 0.25) is 0 Å². The second-order valence-electron chi connectivity index (χ2n) is 6.33. The van der Waals surface area contributed by atoms with E-state index in [1.54, 1.807) is 55.6 Å². The Balaban J connectivity index is 1.67. The smallest absolute Gasteiger partial charge is 0.257 e. The van der Waals surface area contributed by atoms with Gasteiger partial charge in [-0.2, -0.15) is 0 Å². The third-order valence-electron chi connectivity index (χ3n) is 4.23. The van der Waals surface area contributed by atoms with E-state index < -0.39 is 0 Å². The number of hydrogen-bond donors (Lipinski definition) is 2. The van der Waals surface area contributed by atoms with E-state index in [9.17, 15) is 9.59 Å². The Morgan fingerprint density at radius 2 is 1.69 bits per heavy atom. The summed E-state index contributed by atoms with van der Waals surface area (Å²) in [4.78, 5) is 26.2. The lowest BCUT2D eigenvalue weighted by atomic mass is 10.1. The van der Waals surface area contributed by atoms with E-state index in [0.717, 1.165) is 10.5 Å². The fourth-order valence-electron chi connectivity index (χ4n) is 2.74. The highest BCUT2D eigenvalue weighted by molar-refractivity contribution is 8.00. The lowest BCUT2D eigenvalue weighted by Crippen LogP contribution is -2.19. The quantitative estimate of drug-likeness (QED) is 0.543. The molecule has 0 atom stereocenters. The van der Waals surface area contributed by atoms with Crippen molar-refractivity contribution in [2.45, 2.75) is 11.8 Å². The van der Waals surface area contributed by atoms with Crippen molar-refractivity contribution >= 4 is 35.0 Å². The number of rotatable bonds is 7. The van der Waals surface area contributed by atoms with Crippen molar-refractivity contribution in [1.82, 2.24) is 0 Å². The van der Waals surface area contributed by atoms with Crippen molar-refractivity contribution in [3.05, 3.63) is 83.9 Å². The molecule has 3 aromatic carbocycles. The first-order chi connectivity index (χ1) is 14.1. The lowest BCUT2D eigenvalue weighted by molar-refractivity contribution is -0.113. The standard InChI is InChI=1S/C23H22N2O3S/c1-16-8-3-6-13-21(16)29-15-22(26)25-20-12-5-4-11-19(20)23(27)24-17-9-7-10-18(14-17)28-2/h3-14H,15H2,1-2H3,(H,24,27)(H,25,26). The van der Waals surface area contributed by atoms with Crippen LogP contribution in [0.15, 0.2) is 77.7 Å². The molecule has 0 radical (unpaired) electrons. The van der Waals surface area contributed by atoms with Gasteiger partial charge >= 0.3 is 0 Å². The van der Waals surface area contributed by atoms with Gasteiger partial charge in [-0.25, -0.2) is 0 Å². The van der Waals surface area contributed by atoms with Gasteiger partial charge in [-0.15, -0.1) is 11.8 Å². The summed E-state index contributed by atoms with van der Waals surface area (Å²) in [5.41, 5.74) is 2.61. The van der Waals surface area contributed by atoms with Crippen LogP contribution in [0.25, 0.3) is 0 Å². The molecule has 2 N–H and O–H groups in total. The van der Waals surface area contributed by atoms with E-state index in [4.69, 9.17) is 4.74 Å². The number of thioether (sulfide) groups is 1. The maximum atomic E-state index is 12.7. The van der Waals surface area contributed by atoms with Crippen molar-refractivity contribution in [2.75, 3.05) is 23.5 Å². The van der Waals surface area contributed by atoms with Gasteiger partial charge in [-0.1, -0.05) is 36.4 Å². The molecule has 0 saturated carbocycles. The Labute approximate surface area is 174 Å². The van der Waals surface area contributed by atoms with E-state index in [-0.39, 0.29) is 17.6 Å². The van der Waals surface area contributed by atoms with E-state index in [0.29, 0.717) is 22.7 Å². The summed E-state index contributed by atoms with van der Waals surface area (Å²) in [5, 5.41) is 5.68. The lowest BCUT2D eigenvalue weighted by Gasteiger charge is -2.12. The summed E-state index contributed by atoms with van der Waals surface area (Å²) in [6.07, 6.45) is 0. The number of aryl methyl sites for hydroxylation is 1. The third kappa shape index (κ3) is 5.62. The van der Waals surface area contributed by atoms with Crippen LogP contribution < -0.4 is 15.4 Å². The van der Waals surface area contributed by atoms with Gasteiger partial charge in [0.2, 0.25) is 5.91 Å². The Hall–Kier alpha value is -3.25. The van der Waals surface area contributed by atoms with Crippen LogP contribution in [0.1, 0.15) is 15.9 Å². The third-order valence-corrected chi connectivity index (χ3v) is 5.40. The van der Waals surface area contributed by atoms with Gasteiger partial charge in [0.15, 0.2) is 0 Å². The summed E-state index contributed by atoms with van der Waals surface area (Å²) in [5.74, 6) is 0.440. The Kier molecular flexibility index (Phi) is 6.92. The van der Waals surface area contributed by atoms with E-state index in [1.165, 1.54) is 11.8 Å². The molecule has 0 aromatic heterocycles. The first-order valence-corrected chi connectivity index (χ1v) is 10.1. The molecule has 0 spiro atoms. The van der Waals surface area contributed by atoms with E-state index in [1.807, 2.05) is 31.2 Å². The minimum atomic E-state index is -0.305. The number of carbonyl (C=O) groups excluding carboxylic acids is 2. The zero-order valence-corrected chi connectivity index (χ0v) is 17.1. The van der Waals surface area contributed by atoms with Crippen molar-refractivity contribution in [3.63, 3.8) is 0 Å². The Morgan fingerprint density at radius 1 is 0.931 bits per heavy atom. The maximum absolute atomic E-state index is 12.7. The molecule has 0 unspecified atom stereocenters. The Bertz CT molecular complexity index is 1020. The Morgan fingerprint density at radius 3 is 2.48 bits per heavy atom. The predicted molar refractivity (Wildman–Crippen MR) is 118 cm³/mol. The molecule has 5 nitrogen and oxygen atoms in total. The van der Waals surface area contributed by atoms with E-state index >= 15 is 0 Å². The average Bonchev–Trinajstić information content (AvgIpc) is 2.73. The number of hydrogen-bond acceptors (Lipinski definition) is 4. The molecular formula is C23H22N2O3S. The first kappa shape index (κ1) is 20.5. The molecule has 6 heteroatoms. The largest absolute Gasteiger partial charge is 0.497 e. The fourth-order valence-corrected chi connectivity index (χ4v) is 3.57. The average molecular weight is 407 g/mol. The fraction of sp³-hybridized carbons (Fsp3) is 0.130. The molecule has 0 saturated heterocycles. The van der Waals surface area contributed by atoms with E-state index in [2.05, 4.69) is 10.6 Å². The predicted octanol–water partition coefficient (Wildman–Crippen LogP) is 4.99. The number of ether oxygens (including phenoxy) is 1. The molecule has 0 aliphatic heterocycles. The second-order valence-corrected chi connectivity index (χ2v) is 7.35. The highest BCUT2D eigenvalue weighted by atomic mass is 32.2. The number of amides is 2. The summed E-state index contributed by atoms with van der Waals surface area (Å²) in [6, 6.07) is 22.0.